The summed E-state index contributed by atoms with van der Waals surface area (Å²) in [6.45, 7) is 5.37. The molecule has 6 nitrogen and oxygen atoms in total. The lowest BCUT2D eigenvalue weighted by Crippen LogP contribution is -2.39. The van der Waals surface area contributed by atoms with E-state index in [2.05, 4.69) is 6.58 Å². The summed E-state index contributed by atoms with van der Waals surface area (Å²) in [5.41, 5.74) is 3.20. The minimum atomic E-state index is -0.640. The number of nitrogens with zero attached hydrogens (tertiary/aromatic N) is 1. The molecule has 0 saturated carbocycles. The number of carbonyl (C=O) groups is 4. The number of hydrogen-bond acceptors (Lipinski definition) is 5. The molecule has 1 aliphatic heterocycles. The number of aromatic hydroxyl groups is 1. The van der Waals surface area contributed by atoms with Gasteiger partial charge in [0.05, 0.1) is 11.8 Å². The zero-order chi connectivity index (χ0) is 23.6. The molecule has 5 rings (SSSR count). The highest BCUT2D eigenvalue weighted by molar-refractivity contribution is 6.23. The number of Topliss-reactive ketones (excluding diaryl/α,β-unsaturated/α-hetero) is 1. The van der Waals surface area contributed by atoms with Gasteiger partial charge in [-0.15, -0.1) is 6.58 Å². The Bertz CT molecular complexity index is 1250. The van der Waals surface area contributed by atoms with Crippen LogP contribution in [0.1, 0.15) is 36.8 Å². The van der Waals surface area contributed by atoms with E-state index in [-0.39, 0.29) is 41.5 Å². The van der Waals surface area contributed by atoms with Crippen LogP contribution in [0.5, 0.6) is 5.75 Å². The number of phenolic OH excluding ortho intramolecular Hbond substituents is 1. The van der Waals surface area contributed by atoms with Crippen molar-refractivity contribution in [2.45, 2.75) is 32.1 Å². The van der Waals surface area contributed by atoms with Crippen LogP contribution in [0.2, 0.25) is 0 Å². The van der Waals surface area contributed by atoms with E-state index < -0.39 is 17.8 Å². The molecular formula is C27H25NO5. The summed E-state index contributed by atoms with van der Waals surface area (Å²) in [7, 11) is 1.50. The lowest BCUT2D eigenvalue weighted by atomic mass is 9.59. The molecule has 33 heavy (non-hydrogen) atoms. The maximum absolute atomic E-state index is 13.2. The van der Waals surface area contributed by atoms with Crippen LogP contribution in [-0.2, 0) is 25.6 Å². The average Bonchev–Trinajstić information content (AvgIpc) is 3.02. The normalized spacial score (nSPS) is 28.8. The van der Waals surface area contributed by atoms with Crippen LogP contribution in [0.15, 0.2) is 65.3 Å². The van der Waals surface area contributed by atoms with Gasteiger partial charge in [-0.05, 0) is 43.7 Å². The maximum atomic E-state index is 13.2. The molecule has 0 aromatic heterocycles. The molecule has 4 atom stereocenters. The summed E-state index contributed by atoms with van der Waals surface area (Å²) in [5.74, 6) is -2.86. The number of rotatable bonds is 3. The summed E-state index contributed by atoms with van der Waals surface area (Å²) < 4.78 is 0. The summed E-state index contributed by atoms with van der Waals surface area (Å²) in [6, 6.07) is 5.38. The van der Waals surface area contributed by atoms with Crippen molar-refractivity contribution in [1.82, 2.24) is 4.90 Å². The first-order valence-electron chi connectivity index (χ1n) is 11.2. The van der Waals surface area contributed by atoms with Gasteiger partial charge in [-0.1, -0.05) is 35.9 Å². The van der Waals surface area contributed by atoms with Crippen molar-refractivity contribution in [3.8, 4) is 5.75 Å². The van der Waals surface area contributed by atoms with E-state index in [9.17, 15) is 24.3 Å². The zero-order valence-electron chi connectivity index (χ0n) is 18.6. The van der Waals surface area contributed by atoms with Crippen LogP contribution in [0.4, 0.5) is 0 Å². The zero-order valence-corrected chi connectivity index (χ0v) is 18.6. The Labute approximate surface area is 192 Å². The number of likely N-dealkylation sites (tertiary alicyclic amines) is 1. The number of allylic oxidation sites excluding steroid dienone is 7. The Morgan fingerprint density at radius 2 is 1.91 bits per heavy atom. The number of amides is 2. The van der Waals surface area contributed by atoms with Crippen molar-refractivity contribution in [3.05, 3.63) is 76.4 Å². The average molecular weight is 443 g/mol. The first-order valence-corrected chi connectivity index (χ1v) is 11.2. The predicted molar refractivity (Wildman–Crippen MR) is 121 cm³/mol. The number of imide groups is 1. The quantitative estimate of drug-likeness (QED) is 0.440. The van der Waals surface area contributed by atoms with Gasteiger partial charge in [-0.25, -0.2) is 0 Å². The smallest absolute Gasteiger partial charge is 0.233 e. The fourth-order valence-corrected chi connectivity index (χ4v) is 6.06. The molecule has 2 amide bonds. The molecule has 4 aliphatic rings. The van der Waals surface area contributed by atoms with Crippen molar-refractivity contribution in [2.24, 2.45) is 17.8 Å². The second-order valence-electron chi connectivity index (χ2n) is 9.31. The Morgan fingerprint density at radius 3 is 2.64 bits per heavy atom. The van der Waals surface area contributed by atoms with Gasteiger partial charge in [-0.3, -0.25) is 24.1 Å². The van der Waals surface area contributed by atoms with Gasteiger partial charge in [0, 0.05) is 35.2 Å². The molecule has 1 fully saturated rings. The van der Waals surface area contributed by atoms with Crippen molar-refractivity contribution < 1.29 is 24.3 Å². The molecule has 1 heterocycles. The number of carbonyl (C=O) groups excluding carboxylic acids is 4. The van der Waals surface area contributed by atoms with E-state index >= 15 is 0 Å². The molecule has 1 aromatic rings. The third-order valence-corrected chi connectivity index (χ3v) is 7.61. The highest BCUT2D eigenvalue weighted by Crippen LogP contribution is 2.56. The highest BCUT2D eigenvalue weighted by Gasteiger charge is 2.55. The first kappa shape index (κ1) is 21.3. The van der Waals surface area contributed by atoms with E-state index in [4.69, 9.17) is 0 Å². The van der Waals surface area contributed by atoms with Crippen LogP contribution in [-0.4, -0.2) is 40.4 Å². The second-order valence-corrected chi connectivity index (χ2v) is 9.31. The van der Waals surface area contributed by atoms with Crippen molar-refractivity contribution in [1.29, 1.82) is 0 Å². The number of fused-ring (bicyclic) bond motifs is 3. The minimum absolute atomic E-state index is 0.0652. The third kappa shape index (κ3) is 2.93. The molecule has 0 spiro atoms. The lowest BCUT2D eigenvalue weighted by molar-refractivity contribution is -0.138. The summed E-state index contributed by atoms with van der Waals surface area (Å²) >= 11 is 0. The van der Waals surface area contributed by atoms with E-state index in [0.717, 1.165) is 5.57 Å². The molecule has 3 aliphatic carbocycles. The largest absolute Gasteiger partial charge is 0.507 e. The van der Waals surface area contributed by atoms with Crippen LogP contribution in [0.25, 0.3) is 0 Å². The molecule has 1 saturated heterocycles. The first-order chi connectivity index (χ1) is 15.8. The van der Waals surface area contributed by atoms with E-state index in [1.807, 2.05) is 12.1 Å². The Hall–Kier alpha value is -3.54. The Kier molecular flexibility index (Phi) is 4.85. The van der Waals surface area contributed by atoms with Gasteiger partial charge in [0.1, 0.15) is 5.75 Å². The number of benzene rings is 1. The Morgan fingerprint density at radius 1 is 1.15 bits per heavy atom. The molecule has 1 aromatic carbocycles. The minimum Gasteiger partial charge on any atom is -0.507 e. The van der Waals surface area contributed by atoms with Gasteiger partial charge in [0.2, 0.25) is 11.8 Å². The van der Waals surface area contributed by atoms with Crippen LogP contribution in [0, 0.1) is 17.8 Å². The number of para-hydroxylation sites is 1. The fourth-order valence-electron chi connectivity index (χ4n) is 6.06. The van der Waals surface area contributed by atoms with Crippen molar-refractivity contribution in [3.63, 3.8) is 0 Å². The lowest BCUT2D eigenvalue weighted by Gasteiger charge is -2.42. The second kappa shape index (κ2) is 7.51. The van der Waals surface area contributed by atoms with Gasteiger partial charge in [0.25, 0.3) is 0 Å². The van der Waals surface area contributed by atoms with Gasteiger partial charge >= 0.3 is 0 Å². The van der Waals surface area contributed by atoms with E-state index in [0.29, 0.717) is 40.7 Å². The van der Waals surface area contributed by atoms with Crippen molar-refractivity contribution >= 4 is 23.4 Å². The Balaban J connectivity index is 1.74. The molecule has 6 heteroatoms. The standard InChI is InChI=1S/C27H25NO5/c1-4-6-14-7-5-8-16(25(14)31)21-15-9-10-17-22(27(33)28(3)26(17)32)18(15)12-19-23(21)20(29)11-13(2)24(19)30/h4-5,7-9,11,17-18,21-22,31H,1,6,10,12H2,2-3H3/t17-,18+,21+,22-/m0/s1. The van der Waals surface area contributed by atoms with Gasteiger partial charge < -0.3 is 5.11 Å². The van der Waals surface area contributed by atoms with Crippen LogP contribution < -0.4 is 0 Å². The molecule has 0 bridgehead atoms. The third-order valence-electron chi connectivity index (χ3n) is 7.61. The maximum Gasteiger partial charge on any atom is 0.233 e. The summed E-state index contributed by atoms with van der Waals surface area (Å²) in [6.07, 6.45) is 6.10. The topological polar surface area (TPSA) is 91.8 Å². The number of hydrogen-bond donors (Lipinski definition) is 1. The predicted octanol–water partition coefficient (Wildman–Crippen LogP) is 3.18. The fraction of sp³-hybridized carbons (Fsp3) is 0.333. The van der Waals surface area contributed by atoms with E-state index in [1.54, 1.807) is 25.1 Å². The van der Waals surface area contributed by atoms with Crippen molar-refractivity contribution in [2.75, 3.05) is 7.05 Å². The monoisotopic (exact) mass is 443 g/mol. The number of ketones is 2. The summed E-state index contributed by atoms with van der Waals surface area (Å²) in [4.78, 5) is 53.3. The number of phenols is 1. The SMILES string of the molecule is C=CCc1cccc([C@H]2C3=CC[C@@H]4C(=O)N(C)C(=O)[C@@H]4[C@@H]3CC3=C2C(=O)C=C(C)C3=O)c1O. The molecule has 168 valence electrons. The summed E-state index contributed by atoms with van der Waals surface area (Å²) in [5, 5.41) is 11.1. The molecule has 0 unspecified atom stereocenters. The van der Waals surface area contributed by atoms with Gasteiger partial charge in [-0.2, -0.15) is 0 Å². The van der Waals surface area contributed by atoms with E-state index in [1.165, 1.54) is 18.0 Å². The van der Waals surface area contributed by atoms with Crippen LogP contribution in [0.3, 0.4) is 0 Å². The molecule has 1 N–H and O–H groups in total. The highest BCUT2D eigenvalue weighted by atomic mass is 16.3. The molecule has 0 radical (unpaired) electrons. The molecular weight excluding hydrogens is 418 g/mol. The van der Waals surface area contributed by atoms with Gasteiger partial charge in [0.15, 0.2) is 11.6 Å². The van der Waals surface area contributed by atoms with Crippen LogP contribution >= 0.6 is 0 Å².